The zero-order valence-electron chi connectivity index (χ0n) is 11.3. The lowest BCUT2D eigenvalue weighted by atomic mass is 10.1. The van der Waals surface area contributed by atoms with E-state index in [1.54, 1.807) is 11.3 Å². The number of hydrogen-bond acceptors (Lipinski definition) is 5. The maximum Gasteiger partial charge on any atom is 0.136 e. The standard InChI is InChI=1S/C14H16N4S2/c1-8-17-10(7-20-8)6-16-14-11(13(15)19)5-9-3-2-4-12(9)18-14/h5,7H,2-4,6H2,1H3,(H2,15,19)(H,16,18). The molecular weight excluding hydrogens is 288 g/mol. The molecule has 1 aliphatic carbocycles. The molecule has 0 atom stereocenters. The van der Waals surface area contributed by atoms with Crippen molar-refractivity contribution in [1.82, 2.24) is 9.97 Å². The zero-order valence-corrected chi connectivity index (χ0v) is 12.9. The van der Waals surface area contributed by atoms with Gasteiger partial charge < -0.3 is 11.1 Å². The summed E-state index contributed by atoms with van der Waals surface area (Å²) < 4.78 is 0. The Morgan fingerprint density at radius 2 is 2.30 bits per heavy atom. The summed E-state index contributed by atoms with van der Waals surface area (Å²) in [5.74, 6) is 0.781. The van der Waals surface area contributed by atoms with Crippen LogP contribution >= 0.6 is 23.6 Å². The average Bonchev–Trinajstić information content (AvgIpc) is 3.03. The molecule has 0 amide bonds. The molecule has 2 aromatic rings. The fraction of sp³-hybridized carbons (Fsp3) is 0.357. The van der Waals surface area contributed by atoms with Crippen molar-refractivity contribution >= 4 is 34.4 Å². The van der Waals surface area contributed by atoms with Crippen molar-refractivity contribution in [1.29, 1.82) is 0 Å². The topological polar surface area (TPSA) is 63.8 Å². The van der Waals surface area contributed by atoms with Gasteiger partial charge >= 0.3 is 0 Å². The lowest BCUT2D eigenvalue weighted by molar-refractivity contribution is 0.898. The third kappa shape index (κ3) is 2.66. The lowest BCUT2D eigenvalue weighted by Crippen LogP contribution is -2.16. The first-order valence-corrected chi connectivity index (χ1v) is 7.90. The molecular formula is C14H16N4S2. The Kier molecular flexibility index (Phi) is 3.67. The number of thiocarbonyl (C=S) groups is 1. The molecule has 2 aromatic heterocycles. The molecule has 0 radical (unpaired) electrons. The zero-order chi connectivity index (χ0) is 14.1. The molecule has 0 saturated heterocycles. The molecule has 0 saturated carbocycles. The van der Waals surface area contributed by atoms with E-state index < -0.39 is 0 Å². The van der Waals surface area contributed by atoms with E-state index in [1.807, 2.05) is 6.92 Å². The summed E-state index contributed by atoms with van der Waals surface area (Å²) in [5.41, 5.74) is 10.1. The SMILES string of the molecule is Cc1nc(CNc2nc3c(cc2C(N)=S)CCC3)cs1. The van der Waals surface area contributed by atoms with Crippen LogP contribution in [0.3, 0.4) is 0 Å². The number of nitrogens with two attached hydrogens (primary N) is 1. The number of nitrogens with one attached hydrogen (secondary N) is 1. The average molecular weight is 304 g/mol. The Labute approximate surface area is 127 Å². The molecule has 3 rings (SSSR count). The molecule has 3 N–H and O–H groups in total. The smallest absolute Gasteiger partial charge is 0.136 e. The minimum Gasteiger partial charge on any atom is -0.389 e. The van der Waals surface area contributed by atoms with Crippen LogP contribution in [0.1, 0.15) is 33.9 Å². The molecule has 0 aliphatic heterocycles. The Morgan fingerprint density at radius 3 is 3.00 bits per heavy atom. The van der Waals surface area contributed by atoms with Crippen LogP contribution in [0.15, 0.2) is 11.4 Å². The predicted octanol–water partition coefficient (Wildman–Crippen LogP) is 2.58. The van der Waals surface area contributed by atoms with Crippen LogP contribution < -0.4 is 11.1 Å². The number of aryl methyl sites for hydroxylation is 3. The summed E-state index contributed by atoms with van der Waals surface area (Å²) in [6.45, 7) is 2.65. The second-order valence-electron chi connectivity index (χ2n) is 4.92. The van der Waals surface area contributed by atoms with Crippen molar-refractivity contribution in [2.24, 2.45) is 5.73 Å². The third-order valence-electron chi connectivity index (χ3n) is 3.42. The Morgan fingerprint density at radius 1 is 1.45 bits per heavy atom. The summed E-state index contributed by atoms with van der Waals surface area (Å²) >= 11 is 6.79. The van der Waals surface area contributed by atoms with E-state index in [0.717, 1.165) is 41.3 Å². The minimum atomic E-state index is 0.393. The molecule has 104 valence electrons. The summed E-state index contributed by atoms with van der Waals surface area (Å²) in [4.78, 5) is 9.52. The fourth-order valence-corrected chi connectivity index (χ4v) is 3.23. The van der Waals surface area contributed by atoms with Crippen molar-refractivity contribution in [2.45, 2.75) is 32.7 Å². The van der Waals surface area contributed by atoms with Gasteiger partial charge in [0.25, 0.3) is 0 Å². The molecule has 4 nitrogen and oxygen atoms in total. The largest absolute Gasteiger partial charge is 0.389 e. The van der Waals surface area contributed by atoms with Gasteiger partial charge in [0.05, 0.1) is 22.8 Å². The van der Waals surface area contributed by atoms with Crippen LogP contribution in [0.25, 0.3) is 0 Å². The van der Waals surface area contributed by atoms with E-state index in [1.165, 1.54) is 11.3 Å². The van der Waals surface area contributed by atoms with Crippen molar-refractivity contribution < 1.29 is 0 Å². The normalized spacial score (nSPS) is 13.2. The van der Waals surface area contributed by atoms with E-state index in [4.69, 9.17) is 22.9 Å². The minimum absolute atomic E-state index is 0.393. The van der Waals surface area contributed by atoms with Gasteiger partial charge in [-0.25, -0.2) is 9.97 Å². The highest BCUT2D eigenvalue weighted by molar-refractivity contribution is 7.80. The van der Waals surface area contributed by atoms with E-state index in [-0.39, 0.29) is 0 Å². The van der Waals surface area contributed by atoms with Crippen molar-refractivity contribution in [3.05, 3.63) is 39.0 Å². The van der Waals surface area contributed by atoms with Crippen LogP contribution in [-0.2, 0) is 19.4 Å². The summed E-state index contributed by atoms with van der Waals surface area (Å²) in [7, 11) is 0. The highest BCUT2D eigenvalue weighted by Crippen LogP contribution is 2.25. The number of aromatic nitrogens is 2. The monoisotopic (exact) mass is 304 g/mol. The van der Waals surface area contributed by atoms with Crippen LogP contribution in [0.5, 0.6) is 0 Å². The van der Waals surface area contributed by atoms with Gasteiger partial charge in [-0.3, -0.25) is 0 Å². The van der Waals surface area contributed by atoms with E-state index in [0.29, 0.717) is 11.5 Å². The molecule has 0 unspecified atom stereocenters. The lowest BCUT2D eigenvalue weighted by Gasteiger charge is -2.12. The first-order chi connectivity index (χ1) is 9.63. The first kappa shape index (κ1) is 13.5. The van der Waals surface area contributed by atoms with Gasteiger partial charge in [-0.15, -0.1) is 11.3 Å². The third-order valence-corrected chi connectivity index (χ3v) is 4.46. The maximum atomic E-state index is 5.82. The Bertz CT molecular complexity index is 663. The number of hydrogen-bond donors (Lipinski definition) is 2. The molecule has 0 fully saturated rings. The van der Waals surface area contributed by atoms with Crippen molar-refractivity contribution in [2.75, 3.05) is 5.32 Å². The molecule has 6 heteroatoms. The van der Waals surface area contributed by atoms with Crippen LogP contribution in [-0.4, -0.2) is 15.0 Å². The Hall–Kier alpha value is -1.53. The molecule has 2 heterocycles. The number of nitrogens with zero attached hydrogens (tertiary/aromatic N) is 2. The van der Waals surface area contributed by atoms with E-state index in [2.05, 4.69) is 21.7 Å². The van der Waals surface area contributed by atoms with Crippen LogP contribution in [0, 0.1) is 6.92 Å². The van der Waals surface area contributed by atoms with Gasteiger partial charge in [0, 0.05) is 11.1 Å². The summed E-state index contributed by atoms with van der Waals surface area (Å²) in [6, 6.07) is 2.09. The number of thiazole rings is 1. The molecule has 0 bridgehead atoms. The first-order valence-electron chi connectivity index (χ1n) is 6.61. The maximum absolute atomic E-state index is 5.82. The number of pyridine rings is 1. The van der Waals surface area contributed by atoms with E-state index >= 15 is 0 Å². The van der Waals surface area contributed by atoms with E-state index in [9.17, 15) is 0 Å². The highest BCUT2D eigenvalue weighted by atomic mass is 32.1. The van der Waals surface area contributed by atoms with Crippen LogP contribution in [0.4, 0.5) is 5.82 Å². The number of fused-ring (bicyclic) bond motifs is 1. The predicted molar refractivity (Wildman–Crippen MR) is 86.3 cm³/mol. The highest BCUT2D eigenvalue weighted by Gasteiger charge is 2.17. The van der Waals surface area contributed by atoms with Gasteiger partial charge in [0.1, 0.15) is 10.8 Å². The second-order valence-corrected chi connectivity index (χ2v) is 6.42. The van der Waals surface area contributed by atoms with Gasteiger partial charge in [-0.2, -0.15) is 0 Å². The van der Waals surface area contributed by atoms with Gasteiger partial charge in [0.15, 0.2) is 0 Å². The van der Waals surface area contributed by atoms with Crippen LogP contribution in [0.2, 0.25) is 0 Å². The fourth-order valence-electron chi connectivity index (χ4n) is 2.46. The Balaban J connectivity index is 1.86. The molecule has 1 aliphatic rings. The second kappa shape index (κ2) is 5.46. The quantitative estimate of drug-likeness (QED) is 0.850. The van der Waals surface area contributed by atoms with Gasteiger partial charge in [-0.1, -0.05) is 12.2 Å². The summed E-state index contributed by atoms with van der Waals surface area (Å²) in [5, 5.41) is 6.44. The van der Waals surface area contributed by atoms with Gasteiger partial charge in [-0.05, 0) is 37.8 Å². The molecule has 20 heavy (non-hydrogen) atoms. The number of anilines is 1. The van der Waals surface area contributed by atoms with Gasteiger partial charge in [0.2, 0.25) is 0 Å². The summed E-state index contributed by atoms with van der Waals surface area (Å²) in [6.07, 6.45) is 3.27. The molecule has 0 aromatic carbocycles. The van der Waals surface area contributed by atoms with Crippen molar-refractivity contribution in [3.8, 4) is 0 Å². The molecule has 0 spiro atoms. The number of rotatable bonds is 4. The van der Waals surface area contributed by atoms with Crippen molar-refractivity contribution in [3.63, 3.8) is 0 Å².